The third-order valence-corrected chi connectivity index (χ3v) is 3.50. The van der Waals surface area contributed by atoms with E-state index in [9.17, 15) is 9.59 Å². The highest BCUT2D eigenvalue weighted by atomic mass is 32.2. The summed E-state index contributed by atoms with van der Waals surface area (Å²) in [6.07, 6.45) is 0. The van der Waals surface area contributed by atoms with Crippen LogP contribution >= 0.6 is 11.8 Å². The molecule has 6 nitrogen and oxygen atoms in total. The number of imide groups is 1. The second kappa shape index (κ2) is 5.31. The number of aryl methyl sites for hydroxylation is 1. The molecule has 2 rings (SSSR count). The van der Waals surface area contributed by atoms with Crippen molar-refractivity contribution in [2.75, 3.05) is 0 Å². The third kappa shape index (κ3) is 3.25. The number of aromatic amines is 1. The first kappa shape index (κ1) is 13.4. The van der Waals surface area contributed by atoms with Crippen LogP contribution in [0.1, 0.15) is 12.5 Å². The molecule has 0 spiro atoms. The van der Waals surface area contributed by atoms with E-state index in [0.29, 0.717) is 5.16 Å². The van der Waals surface area contributed by atoms with E-state index in [1.54, 1.807) is 6.92 Å². The minimum Gasteiger partial charge on any atom is -0.351 e. The monoisotopic (exact) mass is 278 g/mol. The van der Waals surface area contributed by atoms with Crippen molar-refractivity contribution >= 4 is 34.7 Å². The maximum absolute atomic E-state index is 11.6. The molecule has 19 heavy (non-hydrogen) atoms. The Morgan fingerprint density at radius 2 is 2.21 bits per heavy atom. The van der Waals surface area contributed by atoms with E-state index in [1.165, 1.54) is 11.8 Å². The van der Waals surface area contributed by atoms with Gasteiger partial charge in [-0.25, -0.2) is 9.78 Å². The fourth-order valence-electron chi connectivity index (χ4n) is 1.60. The number of imidazole rings is 1. The molecule has 0 saturated carbocycles. The van der Waals surface area contributed by atoms with E-state index >= 15 is 0 Å². The lowest BCUT2D eigenvalue weighted by Crippen LogP contribution is -2.39. The van der Waals surface area contributed by atoms with Gasteiger partial charge in [0.2, 0.25) is 5.91 Å². The van der Waals surface area contributed by atoms with Crippen molar-refractivity contribution in [3.8, 4) is 0 Å². The molecule has 1 aromatic heterocycles. The standard InChI is InChI=1S/C12H14N4O2S/c1-6-3-4-8-9(5-6)15-12(14-8)19-7(2)10(17)16-11(13)18/h3-5,7H,1-2H3,(H,14,15)(H3,13,16,17,18)/t7-/m0/s1. The molecular weight excluding hydrogens is 264 g/mol. The highest BCUT2D eigenvalue weighted by Crippen LogP contribution is 2.23. The fourth-order valence-corrected chi connectivity index (χ4v) is 2.42. The zero-order valence-corrected chi connectivity index (χ0v) is 11.4. The number of carbonyl (C=O) groups is 2. The van der Waals surface area contributed by atoms with Crippen LogP contribution in [0.4, 0.5) is 4.79 Å². The van der Waals surface area contributed by atoms with Crippen molar-refractivity contribution in [3.05, 3.63) is 23.8 Å². The summed E-state index contributed by atoms with van der Waals surface area (Å²) in [6, 6.07) is 5.03. The first-order valence-electron chi connectivity index (χ1n) is 5.69. The van der Waals surface area contributed by atoms with Crippen LogP contribution in [0.2, 0.25) is 0 Å². The minimum absolute atomic E-state index is 0.436. The number of rotatable bonds is 3. The summed E-state index contributed by atoms with van der Waals surface area (Å²) < 4.78 is 0. The Morgan fingerprint density at radius 1 is 1.47 bits per heavy atom. The summed E-state index contributed by atoms with van der Waals surface area (Å²) in [5, 5.41) is 2.21. The van der Waals surface area contributed by atoms with Crippen LogP contribution < -0.4 is 11.1 Å². The zero-order valence-electron chi connectivity index (χ0n) is 10.6. The van der Waals surface area contributed by atoms with Gasteiger partial charge in [0.05, 0.1) is 16.3 Å². The highest BCUT2D eigenvalue weighted by molar-refractivity contribution is 8.00. The number of hydrogen-bond acceptors (Lipinski definition) is 4. The number of nitrogens with zero attached hydrogens (tertiary/aromatic N) is 1. The van der Waals surface area contributed by atoms with Crippen molar-refractivity contribution in [2.24, 2.45) is 5.73 Å². The normalized spacial score (nSPS) is 12.3. The molecule has 1 heterocycles. The molecule has 0 radical (unpaired) electrons. The van der Waals surface area contributed by atoms with Gasteiger partial charge in [0.1, 0.15) is 0 Å². The summed E-state index contributed by atoms with van der Waals surface area (Å²) in [4.78, 5) is 29.7. The molecule has 0 bridgehead atoms. The molecule has 0 unspecified atom stereocenters. The number of benzene rings is 1. The van der Waals surface area contributed by atoms with E-state index in [4.69, 9.17) is 5.73 Å². The van der Waals surface area contributed by atoms with E-state index in [0.717, 1.165) is 16.6 Å². The number of amides is 3. The molecule has 100 valence electrons. The summed E-state index contributed by atoms with van der Waals surface area (Å²) in [6.45, 7) is 3.68. The van der Waals surface area contributed by atoms with Gasteiger partial charge in [-0.05, 0) is 31.5 Å². The summed E-state index contributed by atoms with van der Waals surface area (Å²) in [5.41, 5.74) is 7.80. The fraction of sp³-hybridized carbons (Fsp3) is 0.250. The van der Waals surface area contributed by atoms with E-state index < -0.39 is 17.2 Å². The Balaban J connectivity index is 2.12. The van der Waals surface area contributed by atoms with Gasteiger partial charge in [-0.15, -0.1) is 0 Å². The molecule has 0 aliphatic heterocycles. The van der Waals surface area contributed by atoms with Crippen molar-refractivity contribution < 1.29 is 9.59 Å². The second-order valence-electron chi connectivity index (χ2n) is 4.18. The first-order valence-corrected chi connectivity index (χ1v) is 6.57. The molecule has 0 fully saturated rings. The third-order valence-electron chi connectivity index (χ3n) is 2.52. The van der Waals surface area contributed by atoms with Crippen molar-refractivity contribution in [1.82, 2.24) is 15.3 Å². The number of carbonyl (C=O) groups excluding carboxylic acids is 2. The molecule has 2 aromatic rings. The zero-order chi connectivity index (χ0) is 14.0. The Morgan fingerprint density at radius 3 is 2.89 bits per heavy atom. The van der Waals surface area contributed by atoms with Crippen LogP contribution in [0, 0.1) is 6.92 Å². The average Bonchev–Trinajstić information content (AvgIpc) is 2.69. The molecular formula is C12H14N4O2S. The summed E-state index contributed by atoms with van der Waals surface area (Å²) in [5.74, 6) is -0.436. The van der Waals surface area contributed by atoms with E-state index in [1.807, 2.05) is 30.4 Å². The number of fused-ring (bicyclic) bond motifs is 1. The van der Waals surface area contributed by atoms with Crippen LogP contribution in [0.5, 0.6) is 0 Å². The Hall–Kier alpha value is -2.02. The van der Waals surface area contributed by atoms with Crippen molar-refractivity contribution in [1.29, 1.82) is 0 Å². The molecule has 1 atom stereocenters. The molecule has 0 saturated heterocycles. The summed E-state index contributed by atoms with van der Waals surface area (Å²) >= 11 is 1.24. The average molecular weight is 278 g/mol. The lowest BCUT2D eigenvalue weighted by Gasteiger charge is -2.07. The van der Waals surface area contributed by atoms with Gasteiger partial charge in [-0.1, -0.05) is 17.8 Å². The molecule has 7 heteroatoms. The minimum atomic E-state index is -0.849. The molecule has 0 aliphatic carbocycles. The second-order valence-corrected chi connectivity index (χ2v) is 5.51. The topological polar surface area (TPSA) is 101 Å². The van der Waals surface area contributed by atoms with Crippen LogP contribution in [0.15, 0.2) is 23.4 Å². The summed E-state index contributed by atoms with van der Waals surface area (Å²) in [7, 11) is 0. The number of hydrogen-bond donors (Lipinski definition) is 3. The largest absolute Gasteiger partial charge is 0.351 e. The predicted molar refractivity (Wildman–Crippen MR) is 73.9 cm³/mol. The lowest BCUT2D eigenvalue weighted by atomic mass is 10.2. The molecule has 1 aromatic carbocycles. The van der Waals surface area contributed by atoms with Crippen molar-refractivity contribution in [2.45, 2.75) is 24.3 Å². The van der Waals surface area contributed by atoms with Gasteiger partial charge in [-0.2, -0.15) is 0 Å². The van der Waals surface area contributed by atoms with Gasteiger partial charge in [0.25, 0.3) is 0 Å². The van der Waals surface area contributed by atoms with E-state index in [-0.39, 0.29) is 0 Å². The number of primary amides is 1. The highest BCUT2D eigenvalue weighted by Gasteiger charge is 2.17. The maximum atomic E-state index is 11.6. The van der Waals surface area contributed by atoms with Gasteiger partial charge in [0.15, 0.2) is 5.16 Å². The van der Waals surface area contributed by atoms with Crippen molar-refractivity contribution in [3.63, 3.8) is 0 Å². The molecule has 3 amide bonds. The van der Waals surface area contributed by atoms with Gasteiger partial charge in [-0.3, -0.25) is 10.1 Å². The number of thioether (sulfide) groups is 1. The van der Waals surface area contributed by atoms with Gasteiger partial charge < -0.3 is 10.7 Å². The predicted octanol–water partition coefficient (Wildman–Crippen LogP) is 1.55. The Kier molecular flexibility index (Phi) is 3.75. The quantitative estimate of drug-likeness (QED) is 0.741. The number of urea groups is 1. The van der Waals surface area contributed by atoms with Crippen LogP contribution in [0.3, 0.4) is 0 Å². The number of nitrogens with one attached hydrogen (secondary N) is 2. The first-order chi connectivity index (χ1) is 8.95. The SMILES string of the molecule is Cc1ccc2nc(S[C@@H](C)C(=O)NC(N)=O)[nH]c2c1. The molecule has 0 aliphatic rings. The lowest BCUT2D eigenvalue weighted by molar-refractivity contribution is -0.119. The molecule has 4 N–H and O–H groups in total. The van der Waals surface area contributed by atoms with Gasteiger partial charge >= 0.3 is 6.03 Å². The number of nitrogens with two attached hydrogens (primary N) is 1. The number of aromatic nitrogens is 2. The van der Waals surface area contributed by atoms with Gasteiger partial charge in [0, 0.05) is 0 Å². The van der Waals surface area contributed by atoms with Crippen LogP contribution in [-0.4, -0.2) is 27.2 Å². The van der Waals surface area contributed by atoms with E-state index in [2.05, 4.69) is 9.97 Å². The Bertz CT molecular complexity index is 638. The Labute approximate surface area is 114 Å². The number of H-pyrrole nitrogens is 1. The van der Waals surface area contributed by atoms with Crippen LogP contribution in [0.25, 0.3) is 11.0 Å². The maximum Gasteiger partial charge on any atom is 0.318 e. The van der Waals surface area contributed by atoms with Crippen LogP contribution in [-0.2, 0) is 4.79 Å². The smallest absolute Gasteiger partial charge is 0.318 e.